The van der Waals surface area contributed by atoms with Crippen molar-refractivity contribution in [3.8, 4) is 11.8 Å². The number of amides is 1. The fraction of sp³-hybridized carbons (Fsp3) is 0.438. The minimum absolute atomic E-state index is 0.0207. The van der Waals surface area contributed by atoms with Crippen LogP contribution in [0.1, 0.15) is 53.5 Å². The number of aromatic nitrogens is 4. The molecule has 228 valence electrons. The van der Waals surface area contributed by atoms with E-state index in [9.17, 15) is 18.7 Å². The summed E-state index contributed by atoms with van der Waals surface area (Å²) in [4.78, 5) is 33.9. The van der Waals surface area contributed by atoms with Crippen LogP contribution in [0.5, 0.6) is 11.8 Å². The number of hydrogen-bond acceptors (Lipinski definition) is 8. The molecule has 44 heavy (non-hydrogen) atoms. The van der Waals surface area contributed by atoms with Gasteiger partial charge in [-0.1, -0.05) is 13.0 Å². The molecule has 2 saturated heterocycles. The lowest BCUT2D eigenvalue weighted by atomic mass is 9.95. The molecule has 2 fully saturated rings. The topological polar surface area (TPSA) is 99.9 Å². The van der Waals surface area contributed by atoms with E-state index in [2.05, 4.69) is 14.5 Å². The molecular weight excluding hydrogens is 568 g/mol. The van der Waals surface area contributed by atoms with E-state index in [1.807, 2.05) is 11.8 Å². The monoisotopic (exact) mass is 601 g/mol. The summed E-state index contributed by atoms with van der Waals surface area (Å²) in [5, 5.41) is 11.9. The third kappa shape index (κ3) is 4.21. The quantitative estimate of drug-likeness (QED) is 0.348. The second-order valence-corrected chi connectivity index (χ2v) is 12.3. The van der Waals surface area contributed by atoms with Crippen molar-refractivity contribution in [3.63, 3.8) is 0 Å². The van der Waals surface area contributed by atoms with Crippen LogP contribution in [0.25, 0.3) is 10.8 Å². The Kier molecular flexibility index (Phi) is 6.26. The van der Waals surface area contributed by atoms with Gasteiger partial charge in [0, 0.05) is 43.7 Å². The lowest BCUT2D eigenvalue weighted by Crippen LogP contribution is -2.43. The van der Waals surface area contributed by atoms with E-state index in [4.69, 9.17) is 14.7 Å². The Bertz CT molecular complexity index is 1810. The standard InChI is InChI=1S/C32H33F2N7O3/c1-2-23-24(34)5-4-19-10-22(42)11-26(27(19)23)41-16-25-28(30(41)43)29(38-8-9-39-18-35-13-21(39)15-38)37-31(36-25)44-17-32-6-3-7-40(32)14-20(33)12-32/h4-5,10-11,13,18,20,42H,2-3,6-9,12,14-17H2,1H3/t20-,32+/m1/s1. The van der Waals surface area contributed by atoms with Crippen LogP contribution in [0, 0.1) is 5.82 Å². The molecule has 0 bridgehead atoms. The van der Waals surface area contributed by atoms with Crippen molar-refractivity contribution in [2.24, 2.45) is 0 Å². The van der Waals surface area contributed by atoms with E-state index in [0.717, 1.165) is 25.1 Å². The molecule has 1 amide bonds. The minimum atomic E-state index is -0.880. The Balaban J connectivity index is 1.20. The molecule has 2 atom stereocenters. The Morgan fingerprint density at radius 2 is 2.05 bits per heavy atom. The summed E-state index contributed by atoms with van der Waals surface area (Å²) in [7, 11) is 0. The van der Waals surface area contributed by atoms with Gasteiger partial charge >= 0.3 is 6.01 Å². The van der Waals surface area contributed by atoms with Crippen LogP contribution in [0.2, 0.25) is 0 Å². The first-order valence-electron chi connectivity index (χ1n) is 15.3. The lowest BCUT2D eigenvalue weighted by Gasteiger charge is -2.32. The zero-order chi connectivity index (χ0) is 30.2. The number of phenols is 1. The van der Waals surface area contributed by atoms with Crippen molar-refractivity contribution >= 4 is 28.2 Å². The summed E-state index contributed by atoms with van der Waals surface area (Å²) >= 11 is 0. The number of anilines is 2. The first-order chi connectivity index (χ1) is 21.3. The van der Waals surface area contributed by atoms with E-state index >= 15 is 0 Å². The summed E-state index contributed by atoms with van der Waals surface area (Å²) < 4.78 is 37.8. The number of benzene rings is 2. The molecule has 0 unspecified atom stereocenters. The van der Waals surface area contributed by atoms with Crippen molar-refractivity contribution in [2.75, 3.05) is 36.0 Å². The minimum Gasteiger partial charge on any atom is -0.508 e. The molecule has 2 aromatic carbocycles. The number of rotatable bonds is 6. The fourth-order valence-corrected chi connectivity index (χ4v) is 7.70. The SMILES string of the molecule is CCc1c(F)ccc2cc(O)cc(N3Cc4nc(OC[C@@]56CCCN5C[C@H](F)C6)nc(N5CCn6cncc6C5)c4C3=O)c12. The molecule has 4 aliphatic heterocycles. The van der Waals surface area contributed by atoms with Crippen LogP contribution in [0.15, 0.2) is 36.8 Å². The number of imidazole rings is 1. The first-order valence-corrected chi connectivity index (χ1v) is 15.3. The molecule has 6 heterocycles. The molecule has 8 rings (SSSR count). The zero-order valence-electron chi connectivity index (χ0n) is 24.5. The van der Waals surface area contributed by atoms with Crippen LogP contribution in [-0.2, 0) is 26.1 Å². The summed E-state index contributed by atoms with van der Waals surface area (Å²) in [5.41, 5.74) is 2.38. The zero-order valence-corrected chi connectivity index (χ0v) is 24.5. The second kappa shape index (κ2) is 10.1. The summed E-state index contributed by atoms with van der Waals surface area (Å²) in [5.74, 6) is -0.241. The van der Waals surface area contributed by atoms with Gasteiger partial charge in [-0.25, -0.2) is 13.8 Å². The van der Waals surface area contributed by atoms with Crippen LogP contribution in [0.4, 0.5) is 20.3 Å². The third-order valence-electron chi connectivity index (χ3n) is 9.78. The molecule has 4 aromatic rings. The van der Waals surface area contributed by atoms with Crippen molar-refractivity contribution in [3.05, 3.63) is 65.1 Å². The van der Waals surface area contributed by atoms with Gasteiger partial charge < -0.3 is 24.2 Å². The number of carbonyl (C=O) groups excluding carboxylic acids is 1. The second-order valence-electron chi connectivity index (χ2n) is 12.3. The normalized spacial score (nSPS) is 23.0. The molecule has 4 aliphatic rings. The predicted octanol–water partition coefficient (Wildman–Crippen LogP) is 4.37. The molecule has 0 saturated carbocycles. The highest BCUT2D eigenvalue weighted by molar-refractivity contribution is 6.16. The Labute approximate surface area is 252 Å². The highest BCUT2D eigenvalue weighted by Gasteiger charge is 2.49. The van der Waals surface area contributed by atoms with E-state index in [0.29, 0.717) is 78.1 Å². The van der Waals surface area contributed by atoms with Gasteiger partial charge in [0.1, 0.15) is 35.7 Å². The van der Waals surface area contributed by atoms with E-state index in [-0.39, 0.29) is 42.2 Å². The molecule has 0 radical (unpaired) electrons. The fourth-order valence-electron chi connectivity index (χ4n) is 7.70. The summed E-state index contributed by atoms with van der Waals surface area (Å²) in [6.07, 6.45) is 5.41. The van der Waals surface area contributed by atoms with Gasteiger partial charge in [-0.05, 0) is 48.9 Å². The van der Waals surface area contributed by atoms with Gasteiger partial charge in [0.05, 0.1) is 42.0 Å². The lowest BCUT2D eigenvalue weighted by molar-refractivity contribution is 0.0996. The van der Waals surface area contributed by atoms with Gasteiger partial charge in [-0.2, -0.15) is 9.97 Å². The van der Waals surface area contributed by atoms with E-state index < -0.39 is 6.17 Å². The molecule has 0 aliphatic carbocycles. The predicted molar refractivity (Wildman–Crippen MR) is 159 cm³/mol. The molecule has 12 heteroatoms. The van der Waals surface area contributed by atoms with E-state index in [1.54, 1.807) is 29.6 Å². The maximum absolute atomic E-state index is 15.0. The van der Waals surface area contributed by atoms with Gasteiger partial charge in [-0.3, -0.25) is 9.69 Å². The van der Waals surface area contributed by atoms with Crippen LogP contribution >= 0.6 is 0 Å². The number of hydrogen-bond donors (Lipinski definition) is 1. The number of aryl methyl sites for hydroxylation is 1. The van der Waals surface area contributed by atoms with E-state index in [1.165, 1.54) is 12.1 Å². The van der Waals surface area contributed by atoms with Crippen LogP contribution in [0.3, 0.4) is 0 Å². The third-order valence-corrected chi connectivity index (χ3v) is 9.78. The van der Waals surface area contributed by atoms with Crippen LogP contribution in [-0.4, -0.2) is 73.4 Å². The number of ether oxygens (including phenoxy) is 1. The van der Waals surface area contributed by atoms with Crippen molar-refractivity contribution in [1.82, 2.24) is 24.4 Å². The number of alkyl halides is 1. The number of phenolic OH excluding ortho intramolecular Hbond substituents is 1. The average Bonchev–Trinajstić information content (AvgIpc) is 3.77. The molecule has 0 spiro atoms. The molecular formula is C32H33F2N7O3. The largest absolute Gasteiger partial charge is 0.508 e. The Morgan fingerprint density at radius 1 is 1.16 bits per heavy atom. The number of carbonyl (C=O) groups is 1. The molecule has 1 N–H and O–H groups in total. The van der Waals surface area contributed by atoms with Crippen molar-refractivity contribution in [2.45, 2.75) is 64.0 Å². The Hall–Kier alpha value is -4.32. The van der Waals surface area contributed by atoms with Crippen molar-refractivity contribution < 1.29 is 23.4 Å². The number of fused-ring (bicyclic) bond motifs is 4. The van der Waals surface area contributed by atoms with Gasteiger partial charge in [0.25, 0.3) is 5.91 Å². The maximum Gasteiger partial charge on any atom is 0.318 e. The molecule has 10 nitrogen and oxygen atoms in total. The number of halogens is 2. The summed E-state index contributed by atoms with van der Waals surface area (Å²) in [6.45, 7) is 5.28. The number of aromatic hydroxyl groups is 1. The number of nitrogens with zero attached hydrogens (tertiary/aromatic N) is 7. The van der Waals surface area contributed by atoms with Gasteiger partial charge in [0.15, 0.2) is 0 Å². The smallest absolute Gasteiger partial charge is 0.318 e. The Morgan fingerprint density at radius 3 is 2.91 bits per heavy atom. The summed E-state index contributed by atoms with van der Waals surface area (Å²) in [6, 6.07) is 6.24. The average molecular weight is 602 g/mol. The first kappa shape index (κ1) is 27.2. The van der Waals surface area contributed by atoms with Crippen LogP contribution < -0.4 is 14.5 Å². The highest BCUT2D eigenvalue weighted by atomic mass is 19.1. The molecule has 2 aromatic heterocycles. The highest BCUT2D eigenvalue weighted by Crippen LogP contribution is 2.43. The van der Waals surface area contributed by atoms with Gasteiger partial charge in [-0.15, -0.1) is 0 Å². The van der Waals surface area contributed by atoms with Crippen molar-refractivity contribution in [1.29, 1.82) is 0 Å². The maximum atomic E-state index is 15.0. The van der Waals surface area contributed by atoms with Gasteiger partial charge in [0.2, 0.25) is 0 Å².